The van der Waals surface area contributed by atoms with E-state index >= 15 is 0 Å². The van der Waals surface area contributed by atoms with E-state index in [1.807, 2.05) is 6.07 Å². The number of aromatic nitrogens is 1. The first-order chi connectivity index (χ1) is 15.0. The maximum Gasteiger partial charge on any atom is 0.272 e. The molecule has 0 aliphatic rings. The molecule has 1 aromatic heterocycles. The first-order valence-electron chi connectivity index (χ1n) is 9.32. The van der Waals surface area contributed by atoms with Gasteiger partial charge in [-0.15, -0.1) is 0 Å². The summed E-state index contributed by atoms with van der Waals surface area (Å²) in [5.41, 5.74) is 5.34. The third-order valence-corrected chi connectivity index (χ3v) is 4.63. The summed E-state index contributed by atoms with van der Waals surface area (Å²) in [7, 11) is 0. The summed E-state index contributed by atoms with van der Waals surface area (Å²) in [6.07, 6.45) is 1.40. The smallest absolute Gasteiger partial charge is 0.272 e. The average Bonchev–Trinajstić information content (AvgIpc) is 2.79. The van der Waals surface area contributed by atoms with Crippen molar-refractivity contribution in [2.75, 3.05) is 0 Å². The fourth-order valence-corrected chi connectivity index (χ4v) is 3.06. The molecule has 1 amide bonds. The van der Waals surface area contributed by atoms with E-state index in [-0.39, 0.29) is 11.4 Å². The van der Waals surface area contributed by atoms with E-state index in [4.69, 9.17) is 0 Å². The minimum absolute atomic E-state index is 0.0535. The first-order valence-corrected chi connectivity index (χ1v) is 9.32. The lowest BCUT2D eigenvalue weighted by atomic mass is 10.0. The standard InChI is InChI=1S/C24H16FN3O3/c25-18-11-9-16(10-12-18)22-13-20(19-3-1-2-4-21(19)27-22)23(29)28-26-14-15-5-7-17(8-6-15)24(30)31/h1-14H,(H,28,29)(H,30,31)/p-1/b26-14-. The molecule has 0 aliphatic carbocycles. The van der Waals surface area contributed by atoms with E-state index in [1.54, 1.807) is 48.5 Å². The van der Waals surface area contributed by atoms with Gasteiger partial charge < -0.3 is 9.90 Å². The van der Waals surface area contributed by atoms with Crippen molar-refractivity contribution in [2.24, 2.45) is 5.10 Å². The number of carboxylic acids is 1. The SMILES string of the molecule is O=C([O-])c1ccc(/C=N\NC(=O)c2cc(-c3ccc(F)cc3)nc3ccccc23)cc1. The number of hydrogen-bond donors (Lipinski definition) is 1. The fraction of sp³-hybridized carbons (Fsp3) is 0. The van der Waals surface area contributed by atoms with Crippen molar-refractivity contribution in [3.8, 4) is 11.3 Å². The number of pyridine rings is 1. The largest absolute Gasteiger partial charge is 0.545 e. The van der Waals surface area contributed by atoms with E-state index in [2.05, 4.69) is 15.5 Å². The van der Waals surface area contributed by atoms with Gasteiger partial charge in [-0.2, -0.15) is 5.10 Å². The van der Waals surface area contributed by atoms with Crippen molar-refractivity contribution in [2.45, 2.75) is 0 Å². The predicted molar refractivity (Wildman–Crippen MR) is 113 cm³/mol. The lowest BCUT2D eigenvalue weighted by Gasteiger charge is -2.09. The quantitative estimate of drug-likeness (QED) is 0.402. The Bertz CT molecular complexity index is 1300. The number of halogens is 1. The fourth-order valence-electron chi connectivity index (χ4n) is 3.06. The molecule has 0 fully saturated rings. The second-order valence-electron chi connectivity index (χ2n) is 6.69. The molecule has 4 aromatic rings. The Morgan fingerprint density at radius 2 is 1.68 bits per heavy atom. The van der Waals surface area contributed by atoms with Crippen molar-refractivity contribution < 1.29 is 19.1 Å². The number of carboxylic acid groups (broad SMARTS) is 1. The second-order valence-corrected chi connectivity index (χ2v) is 6.69. The van der Waals surface area contributed by atoms with Gasteiger partial charge in [0.15, 0.2) is 0 Å². The molecular formula is C24H15FN3O3-. The molecule has 152 valence electrons. The molecule has 31 heavy (non-hydrogen) atoms. The zero-order chi connectivity index (χ0) is 21.8. The van der Waals surface area contributed by atoms with Crippen LogP contribution < -0.4 is 10.5 Å². The number of carbonyl (C=O) groups is 2. The predicted octanol–water partition coefficient (Wildman–Crippen LogP) is 3.17. The van der Waals surface area contributed by atoms with Crippen molar-refractivity contribution in [1.82, 2.24) is 10.4 Å². The van der Waals surface area contributed by atoms with Crippen molar-refractivity contribution in [3.63, 3.8) is 0 Å². The molecule has 3 aromatic carbocycles. The van der Waals surface area contributed by atoms with Gasteiger partial charge in [0.2, 0.25) is 0 Å². The molecule has 0 bridgehead atoms. The van der Waals surface area contributed by atoms with Gasteiger partial charge in [-0.25, -0.2) is 14.8 Å². The molecule has 7 heteroatoms. The Morgan fingerprint density at radius 3 is 2.39 bits per heavy atom. The summed E-state index contributed by atoms with van der Waals surface area (Å²) in [5, 5.41) is 15.4. The minimum Gasteiger partial charge on any atom is -0.545 e. The van der Waals surface area contributed by atoms with E-state index < -0.39 is 11.9 Å². The van der Waals surface area contributed by atoms with Crippen LogP contribution >= 0.6 is 0 Å². The van der Waals surface area contributed by atoms with Crippen LogP contribution in [0, 0.1) is 5.82 Å². The van der Waals surface area contributed by atoms with Crippen molar-refractivity contribution >= 4 is 29.0 Å². The lowest BCUT2D eigenvalue weighted by molar-refractivity contribution is -0.255. The topological polar surface area (TPSA) is 94.5 Å². The minimum atomic E-state index is -1.27. The number of nitrogens with zero attached hydrogens (tertiary/aromatic N) is 2. The van der Waals surface area contributed by atoms with Crippen molar-refractivity contribution in [3.05, 3.63) is 101 Å². The molecule has 0 aliphatic heterocycles. The summed E-state index contributed by atoms with van der Waals surface area (Å²) in [4.78, 5) is 28.2. The number of para-hydroxylation sites is 1. The van der Waals surface area contributed by atoms with Gasteiger partial charge in [0, 0.05) is 10.9 Å². The molecule has 1 heterocycles. The maximum absolute atomic E-state index is 13.3. The lowest BCUT2D eigenvalue weighted by Crippen LogP contribution is -2.22. The Balaban J connectivity index is 1.62. The van der Waals surface area contributed by atoms with Crippen LogP contribution in [0.15, 0.2) is 84.0 Å². The van der Waals surface area contributed by atoms with Crippen LogP contribution in [0.25, 0.3) is 22.2 Å². The number of fused-ring (bicyclic) bond motifs is 1. The number of carbonyl (C=O) groups excluding carboxylic acids is 2. The van der Waals surface area contributed by atoms with Crippen LogP contribution in [0.4, 0.5) is 4.39 Å². The van der Waals surface area contributed by atoms with Gasteiger partial charge >= 0.3 is 0 Å². The number of rotatable bonds is 5. The normalized spacial score (nSPS) is 11.0. The van der Waals surface area contributed by atoms with Gasteiger partial charge in [-0.3, -0.25) is 4.79 Å². The third kappa shape index (κ3) is 4.45. The van der Waals surface area contributed by atoms with Gasteiger partial charge in [0.05, 0.1) is 29.0 Å². The summed E-state index contributed by atoms with van der Waals surface area (Å²) < 4.78 is 13.3. The van der Waals surface area contributed by atoms with Crippen molar-refractivity contribution in [1.29, 1.82) is 0 Å². The molecule has 1 N–H and O–H groups in total. The molecule has 0 saturated heterocycles. The maximum atomic E-state index is 13.3. The monoisotopic (exact) mass is 412 g/mol. The third-order valence-electron chi connectivity index (χ3n) is 4.63. The number of benzene rings is 3. The highest BCUT2D eigenvalue weighted by molar-refractivity contribution is 6.07. The van der Waals surface area contributed by atoms with Crippen LogP contribution in [0.2, 0.25) is 0 Å². The van der Waals surface area contributed by atoms with Gasteiger partial charge in [-0.1, -0.05) is 42.5 Å². The molecule has 0 radical (unpaired) electrons. The van der Waals surface area contributed by atoms with E-state index in [0.29, 0.717) is 33.3 Å². The van der Waals surface area contributed by atoms with Gasteiger partial charge in [-0.05, 0) is 47.5 Å². The summed E-state index contributed by atoms with van der Waals surface area (Å²) in [6.45, 7) is 0. The number of nitrogens with one attached hydrogen (secondary N) is 1. The number of hydrazone groups is 1. The summed E-state index contributed by atoms with van der Waals surface area (Å²) in [6, 6.07) is 20.6. The Labute approximate surface area is 176 Å². The number of hydrogen-bond acceptors (Lipinski definition) is 5. The molecular weight excluding hydrogens is 397 g/mol. The molecule has 6 nitrogen and oxygen atoms in total. The molecule has 0 atom stereocenters. The van der Waals surface area contributed by atoms with Crippen LogP contribution in [-0.4, -0.2) is 23.1 Å². The zero-order valence-corrected chi connectivity index (χ0v) is 16.1. The highest BCUT2D eigenvalue weighted by Gasteiger charge is 2.13. The summed E-state index contributed by atoms with van der Waals surface area (Å²) >= 11 is 0. The molecule has 0 spiro atoms. The molecule has 4 rings (SSSR count). The highest BCUT2D eigenvalue weighted by Crippen LogP contribution is 2.25. The highest BCUT2D eigenvalue weighted by atomic mass is 19.1. The molecule has 0 saturated carbocycles. The van der Waals surface area contributed by atoms with Crippen LogP contribution in [0.1, 0.15) is 26.3 Å². The Kier molecular flexibility index (Phi) is 5.49. The Hall–Kier alpha value is -4.39. The van der Waals surface area contributed by atoms with Gasteiger partial charge in [0.25, 0.3) is 5.91 Å². The second kappa shape index (κ2) is 8.54. The summed E-state index contributed by atoms with van der Waals surface area (Å²) in [5.74, 6) is -2.06. The van der Waals surface area contributed by atoms with E-state index in [1.165, 1.54) is 30.5 Å². The van der Waals surface area contributed by atoms with Crippen LogP contribution in [-0.2, 0) is 0 Å². The molecule has 0 unspecified atom stereocenters. The number of aromatic carboxylic acids is 1. The Morgan fingerprint density at radius 1 is 0.968 bits per heavy atom. The van der Waals surface area contributed by atoms with E-state index in [0.717, 1.165) is 0 Å². The van der Waals surface area contributed by atoms with Crippen LogP contribution in [0.5, 0.6) is 0 Å². The van der Waals surface area contributed by atoms with Gasteiger partial charge in [0.1, 0.15) is 5.82 Å². The zero-order valence-electron chi connectivity index (χ0n) is 16.1. The average molecular weight is 412 g/mol. The number of amides is 1. The van der Waals surface area contributed by atoms with Crippen LogP contribution in [0.3, 0.4) is 0 Å². The first kappa shape index (κ1) is 19.9. The van der Waals surface area contributed by atoms with E-state index in [9.17, 15) is 19.1 Å².